The van der Waals surface area contributed by atoms with Gasteiger partial charge in [0.15, 0.2) is 0 Å². The highest BCUT2D eigenvalue weighted by molar-refractivity contribution is 7.85. The highest BCUT2D eigenvalue weighted by atomic mass is 35.5. The molecule has 1 aliphatic heterocycles. The van der Waals surface area contributed by atoms with Crippen molar-refractivity contribution < 1.29 is 17.3 Å². The summed E-state index contributed by atoms with van der Waals surface area (Å²) in [7, 11) is -3.53. The molecule has 0 N–H and O–H groups in total. The van der Waals surface area contributed by atoms with Crippen LogP contribution in [0.2, 0.25) is 5.28 Å². The first-order valence-corrected chi connectivity index (χ1v) is 8.69. The summed E-state index contributed by atoms with van der Waals surface area (Å²) in [5, 5.41) is 0.0606. The van der Waals surface area contributed by atoms with Gasteiger partial charge in [-0.1, -0.05) is 0 Å². The van der Waals surface area contributed by atoms with E-state index in [0.29, 0.717) is 24.7 Å². The van der Waals surface area contributed by atoms with Gasteiger partial charge < -0.3 is 9.64 Å². The van der Waals surface area contributed by atoms with Crippen molar-refractivity contribution in [1.29, 1.82) is 0 Å². The second kappa shape index (κ2) is 6.43. The fourth-order valence-electron chi connectivity index (χ4n) is 2.28. The fourth-order valence-corrected chi connectivity index (χ4v) is 2.81. The average molecular weight is 336 g/mol. The topological polar surface area (TPSA) is 81.6 Å². The Morgan fingerprint density at radius 1 is 1.38 bits per heavy atom. The molecule has 2 rings (SSSR count). The summed E-state index contributed by atoms with van der Waals surface area (Å²) in [6.07, 6.45) is 0.989. The van der Waals surface area contributed by atoms with Crippen LogP contribution in [0.25, 0.3) is 0 Å². The molecule has 0 amide bonds. The number of halogens is 1. The summed E-state index contributed by atoms with van der Waals surface area (Å²) in [6.45, 7) is 5.08. The molecule has 1 aromatic heterocycles. The summed E-state index contributed by atoms with van der Waals surface area (Å²) >= 11 is 5.93. The van der Waals surface area contributed by atoms with E-state index in [4.69, 9.17) is 20.5 Å². The molecular weight excluding hydrogens is 318 g/mol. The number of rotatable bonds is 4. The maximum Gasteiger partial charge on any atom is 0.264 e. The summed E-state index contributed by atoms with van der Waals surface area (Å²) in [5.41, 5.74) is 0.418. The van der Waals surface area contributed by atoms with Crippen LogP contribution in [0.15, 0.2) is 6.07 Å². The van der Waals surface area contributed by atoms with Crippen LogP contribution in [0.4, 0.5) is 5.82 Å². The van der Waals surface area contributed by atoms with Gasteiger partial charge in [0.25, 0.3) is 10.1 Å². The molecule has 0 bridgehead atoms. The molecule has 2 heterocycles. The predicted molar refractivity (Wildman–Crippen MR) is 78.9 cm³/mol. The lowest BCUT2D eigenvalue weighted by molar-refractivity contribution is 0.0752. The van der Waals surface area contributed by atoms with Crippen LogP contribution in [0.5, 0.6) is 0 Å². The van der Waals surface area contributed by atoms with Crippen LogP contribution in [-0.4, -0.2) is 49.9 Å². The molecule has 0 aromatic carbocycles. The van der Waals surface area contributed by atoms with E-state index in [1.165, 1.54) is 0 Å². The van der Waals surface area contributed by atoms with Crippen molar-refractivity contribution in [3.05, 3.63) is 17.0 Å². The quantitative estimate of drug-likeness (QED) is 0.604. The molecule has 2 atom stereocenters. The summed E-state index contributed by atoms with van der Waals surface area (Å²) in [5.74, 6) is 0.644. The number of hydrogen-bond acceptors (Lipinski definition) is 7. The van der Waals surface area contributed by atoms with Crippen LogP contribution in [0.1, 0.15) is 19.5 Å². The maximum atomic E-state index is 11.1. The van der Waals surface area contributed by atoms with E-state index in [-0.39, 0.29) is 24.0 Å². The van der Waals surface area contributed by atoms with Gasteiger partial charge in [0.05, 0.1) is 37.2 Å². The van der Waals surface area contributed by atoms with Crippen LogP contribution < -0.4 is 4.90 Å². The molecule has 1 aliphatic rings. The predicted octanol–water partition coefficient (Wildman–Crippen LogP) is 1.22. The first-order chi connectivity index (χ1) is 9.76. The Bertz CT molecular complexity index is 601. The third-order valence-corrected chi connectivity index (χ3v) is 3.81. The summed E-state index contributed by atoms with van der Waals surface area (Å²) in [6, 6.07) is 1.97. The molecule has 9 heteroatoms. The van der Waals surface area contributed by atoms with Crippen LogP contribution in [0.3, 0.4) is 0 Å². The van der Waals surface area contributed by atoms with Crippen LogP contribution >= 0.6 is 11.6 Å². The normalized spacial score (nSPS) is 23.3. The third kappa shape index (κ3) is 4.50. The number of ether oxygens (including phenoxy) is 1. The van der Waals surface area contributed by atoms with Gasteiger partial charge in [-0.3, -0.25) is 4.18 Å². The van der Waals surface area contributed by atoms with E-state index in [2.05, 4.69) is 14.9 Å². The van der Waals surface area contributed by atoms with E-state index in [1.807, 2.05) is 13.8 Å². The Hall–Kier alpha value is -0.960. The standard InChI is InChI=1S/C12H18ClN3O4S/c1-8-5-19-6-9(2)16(8)11-4-10(14-12(13)15-11)7-20-21(3,17)18/h4,8-9H,5-7H2,1-3H3/t8-,9-/m0/s1. The van der Waals surface area contributed by atoms with Crippen molar-refractivity contribution in [2.24, 2.45) is 0 Å². The molecule has 0 aliphatic carbocycles. The Morgan fingerprint density at radius 3 is 2.57 bits per heavy atom. The zero-order valence-electron chi connectivity index (χ0n) is 12.1. The lowest BCUT2D eigenvalue weighted by atomic mass is 10.1. The second-order valence-corrected chi connectivity index (χ2v) is 7.08. The Labute approximate surface area is 129 Å². The van der Waals surface area contributed by atoms with E-state index in [9.17, 15) is 8.42 Å². The molecule has 0 radical (unpaired) electrons. The van der Waals surface area contributed by atoms with Gasteiger partial charge in [-0.25, -0.2) is 9.97 Å². The zero-order chi connectivity index (χ0) is 15.6. The molecule has 118 valence electrons. The highest BCUT2D eigenvalue weighted by Crippen LogP contribution is 2.23. The van der Waals surface area contributed by atoms with E-state index in [1.54, 1.807) is 6.07 Å². The summed E-state index contributed by atoms with van der Waals surface area (Å²) < 4.78 is 32.3. The lowest BCUT2D eigenvalue weighted by Gasteiger charge is -2.39. The number of nitrogens with zero attached hydrogens (tertiary/aromatic N) is 3. The largest absolute Gasteiger partial charge is 0.377 e. The van der Waals surface area contributed by atoms with Gasteiger partial charge in [-0.15, -0.1) is 0 Å². The number of anilines is 1. The number of hydrogen-bond donors (Lipinski definition) is 0. The van der Waals surface area contributed by atoms with Crippen LogP contribution in [0, 0.1) is 0 Å². The van der Waals surface area contributed by atoms with Gasteiger partial charge in [0.1, 0.15) is 12.4 Å². The minimum absolute atomic E-state index is 0.0606. The van der Waals surface area contributed by atoms with Crippen molar-refractivity contribution in [3.8, 4) is 0 Å². The fraction of sp³-hybridized carbons (Fsp3) is 0.667. The number of aromatic nitrogens is 2. The molecule has 1 fully saturated rings. The Kier molecular flexibility index (Phi) is 5.03. The zero-order valence-corrected chi connectivity index (χ0v) is 13.7. The lowest BCUT2D eigenvalue weighted by Crippen LogP contribution is -2.50. The second-order valence-electron chi connectivity index (χ2n) is 5.10. The van der Waals surface area contributed by atoms with Crippen LogP contribution in [-0.2, 0) is 25.6 Å². The van der Waals surface area contributed by atoms with Gasteiger partial charge in [0.2, 0.25) is 5.28 Å². The van der Waals surface area contributed by atoms with Gasteiger partial charge in [-0.2, -0.15) is 8.42 Å². The first kappa shape index (κ1) is 16.4. The van der Waals surface area contributed by atoms with E-state index >= 15 is 0 Å². The molecule has 0 saturated carbocycles. The third-order valence-electron chi connectivity index (χ3n) is 3.09. The first-order valence-electron chi connectivity index (χ1n) is 6.50. The molecule has 1 saturated heterocycles. The SMILES string of the molecule is C[C@H]1COC[C@H](C)N1c1cc(COS(C)(=O)=O)nc(Cl)n1. The molecule has 0 unspecified atom stereocenters. The highest BCUT2D eigenvalue weighted by Gasteiger charge is 2.27. The van der Waals surface area contributed by atoms with Crippen molar-refractivity contribution >= 4 is 27.5 Å². The minimum atomic E-state index is -3.53. The van der Waals surface area contributed by atoms with Crippen molar-refractivity contribution in [2.75, 3.05) is 24.4 Å². The smallest absolute Gasteiger partial charge is 0.264 e. The van der Waals surface area contributed by atoms with E-state index in [0.717, 1.165) is 6.26 Å². The maximum absolute atomic E-state index is 11.1. The molecule has 0 spiro atoms. The molecular formula is C12H18ClN3O4S. The molecule has 21 heavy (non-hydrogen) atoms. The molecule has 1 aromatic rings. The van der Waals surface area contributed by atoms with Crippen molar-refractivity contribution in [3.63, 3.8) is 0 Å². The molecule has 7 nitrogen and oxygen atoms in total. The Morgan fingerprint density at radius 2 is 2.00 bits per heavy atom. The van der Waals surface area contributed by atoms with Gasteiger partial charge in [-0.05, 0) is 25.4 Å². The summed E-state index contributed by atoms with van der Waals surface area (Å²) in [4.78, 5) is 10.3. The number of morpholine rings is 1. The van der Waals surface area contributed by atoms with Crippen molar-refractivity contribution in [2.45, 2.75) is 32.5 Å². The van der Waals surface area contributed by atoms with Gasteiger partial charge >= 0.3 is 0 Å². The Balaban J connectivity index is 2.25. The van der Waals surface area contributed by atoms with E-state index < -0.39 is 10.1 Å². The average Bonchev–Trinajstić information content (AvgIpc) is 2.35. The van der Waals surface area contributed by atoms with Crippen molar-refractivity contribution in [1.82, 2.24) is 9.97 Å². The monoisotopic (exact) mass is 335 g/mol. The minimum Gasteiger partial charge on any atom is -0.377 e. The van der Waals surface area contributed by atoms with Gasteiger partial charge in [0, 0.05) is 6.07 Å².